The summed E-state index contributed by atoms with van der Waals surface area (Å²) in [4.78, 5) is 6.37. The van der Waals surface area contributed by atoms with E-state index in [1.54, 1.807) is 13.3 Å². The lowest BCUT2D eigenvalue weighted by Gasteiger charge is -2.39. The topological polar surface area (TPSA) is 62.9 Å². The van der Waals surface area contributed by atoms with Gasteiger partial charge in [-0.2, -0.15) is 0 Å². The number of hydrogen-bond donors (Lipinski definition) is 1. The number of nitrogens with zero attached hydrogens (tertiary/aromatic N) is 3. The molecule has 1 aromatic carbocycles. The molecule has 0 atom stereocenters. The summed E-state index contributed by atoms with van der Waals surface area (Å²) in [5, 5.41) is 7.41. The van der Waals surface area contributed by atoms with Crippen LogP contribution in [-0.2, 0) is 16.7 Å². The molecule has 0 aliphatic carbocycles. The summed E-state index contributed by atoms with van der Waals surface area (Å²) < 4.78 is 23.8. The second-order valence-corrected chi connectivity index (χ2v) is 6.65. The summed E-state index contributed by atoms with van der Waals surface area (Å²) in [5.74, 6) is 0.563. The Morgan fingerprint density at radius 2 is 2.00 bits per heavy atom. The van der Waals surface area contributed by atoms with E-state index in [0.717, 1.165) is 30.1 Å². The second kappa shape index (κ2) is 8.31. The molecule has 2 heterocycles. The van der Waals surface area contributed by atoms with Crippen molar-refractivity contribution >= 4 is 5.96 Å². The second-order valence-electron chi connectivity index (χ2n) is 6.65. The average molecular weight is 360 g/mol. The van der Waals surface area contributed by atoms with Crippen molar-refractivity contribution in [3.63, 3.8) is 0 Å². The highest BCUT2D eigenvalue weighted by Crippen LogP contribution is 2.34. The molecule has 1 N–H and O–H groups in total. The van der Waals surface area contributed by atoms with E-state index >= 15 is 0 Å². The molecule has 2 aromatic rings. The molecule has 0 spiro atoms. The highest BCUT2D eigenvalue weighted by molar-refractivity contribution is 5.79. The Bertz CT molecular complexity index is 710. The number of aliphatic imine (C=N–C) groups is 1. The largest absolute Gasteiger partial charge is 0.381 e. The summed E-state index contributed by atoms with van der Waals surface area (Å²) in [6, 6.07) is 8.65. The lowest BCUT2D eigenvalue weighted by atomic mass is 9.74. The molecule has 26 heavy (non-hydrogen) atoms. The van der Waals surface area contributed by atoms with Crippen molar-refractivity contribution in [2.24, 2.45) is 4.99 Å². The van der Waals surface area contributed by atoms with Crippen LogP contribution in [0.1, 0.15) is 24.1 Å². The summed E-state index contributed by atoms with van der Waals surface area (Å²) in [7, 11) is 3.72. The van der Waals surface area contributed by atoms with Crippen LogP contribution in [0.2, 0.25) is 0 Å². The molecule has 1 aliphatic heterocycles. The minimum atomic E-state index is -0.216. The van der Waals surface area contributed by atoms with Crippen LogP contribution in [0.15, 0.2) is 46.1 Å². The van der Waals surface area contributed by atoms with Crippen molar-refractivity contribution in [3.05, 3.63) is 53.7 Å². The van der Waals surface area contributed by atoms with Gasteiger partial charge in [0.2, 0.25) is 0 Å². The molecule has 0 radical (unpaired) electrons. The van der Waals surface area contributed by atoms with Crippen molar-refractivity contribution in [1.82, 2.24) is 15.4 Å². The molecule has 0 amide bonds. The van der Waals surface area contributed by atoms with E-state index in [1.165, 1.54) is 12.1 Å². The van der Waals surface area contributed by atoms with Crippen molar-refractivity contribution in [2.75, 3.05) is 33.9 Å². The van der Waals surface area contributed by atoms with E-state index in [2.05, 4.69) is 15.5 Å². The van der Waals surface area contributed by atoms with Crippen LogP contribution in [0.5, 0.6) is 0 Å². The predicted octanol–water partition coefficient (Wildman–Crippen LogP) is 2.57. The van der Waals surface area contributed by atoms with Crippen LogP contribution in [0.4, 0.5) is 4.39 Å². The van der Waals surface area contributed by atoms with Gasteiger partial charge >= 0.3 is 0 Å². The number of aromatic nitrogens is 1. The Morgan fingerprint density at radius 3 is 2.62 bits per heavy atom. The third-order valence-electron chi connectivity index (χ3n) is 4.96. The minimum absolute atomic E-state index is 0.101. The number of rotatable bonds is 5. The Morgan fingerprint density at radius 1 is 1.27 bits per heavy atom. The van der Waals surface area contributed by atoms with Crippen LogP contribution >= 0.6 is 0 Å². The molecule has 1 fully saturated rings. The monoisotopic (exact) mass is 360 g/mol. The molecule has 0 unspecified atom stereocenters. The molecule has 7 heteroatoms. The Balaban J connectivity index is 1.71. The molecule has 0 bridgehead atoms. The summed E-state index contributed by atoms with van der Waals surface area (Å²) in [5.41, 5.74) is 1.87. The van der Waals surface area contributed by atoms with Crippen molar-refractivity contribution < 1.29 is 13.7 Å². The average Bonchev–Trinajstić information content (AvgIpc) is 3.16. The lowest BCUT2D eigenvalue weighted by Crippen LogP contribution is -2.48. The molecule has 1 saturated heterocycles. The number of nitrogens with one attached hydrogen (secondary N) is 1. The van der Waals surface area contributed by atoms with Gasteiger partial charge in [0.15, 0.2) is 5.96 Å². The normalized spacial score (nSPS) is 17.1. The van der Waals surface area contributed by atoms with Gasteiger partial charge < -0.3 is 19.5 Å². The molecule has 1 aliphatic rings. The number of guanidine groups is 1. The van der Waals surface area contributed by atoms with Gasteiger partial charge in [-0.1, -0.05) is 17.3 Å². The van der Waals surface area contributed by atoms with Crippen LogP contribution in [-0.4, -0.2) is 49.9 Å². The Kier molecular flexibility index (Phi) is 5.88. The van der Waals surface area contributed by atoms with Crippen molar-refractivity contribution in [1.29, 1.82) is 0 Å². The summed E-state index contributed by atoms with van der Waals surface area (Å²) >= 11 is 0. The van der Waals surface area contributed by atoms with Crippen LogP contribution < -0.4 is 5.32 Å². The predicted molar refractivity (Wildman–Crippen MR) is 97.5 cm³/mol. The van der Waals surface area contributed by atoms with Gasteiger partial charge in [-0.25, -0.2) is 4.39 Å². The molecule has 140 valence electrons. The van der Waals surface area contributed by atoms with E-state index in [1.807, 2.05) is 30.1 Å². The van der Waals surface area contributed by atoms with E-state index in [9.17, 15) is 4.39 Å². The quantitative estimate of drug-likeness (QED) is 0.656. The van der Waals surface area contributed by atoms with Gasteiger partial charge in [0, 0.05) is 45.3 Å². The van der Waals surface area contributed by atoms with E-state index in [4.69, 9.17) is 9.26 Å². The molecule has 0 saturated carbocycles. The third-order valence-corrected chi connectivity index (χ3v) is 4.96. The third kappa shape index (κ3) is 4.22. The van der Waals surface area contributed by atoms with E-state index in [0.29, 0.717) is 26.3 Å². The standard InChI is InChI=1S/C19H25FN4O2/c1-21-18(24(2)13-17-7-10-26-23-17)22-14-19(8-11-25-12-9-19)15-3-5-16(20)6-4-15/h3-7,10H,8-9,11-14H2,1-2H3,(H,21,22). The van der Waals surface area contributed by atoms with Gasteiger partial charge in [0.05, 0.1) is 6.54 Å². The Labute approximate surface area is 153 Å². The first kappa shape index (κ1) is 18.4. The maximum Gasteiger partial charge on any atom is 0.193 e. The van der Waals surface area contributed by atoms with Crippen LogP contribution in [0, 0.1) is 5.82 Å². The number of hydrogen-bond acceptors (Lipinski definition) is 4. The molecule has 1 aromatic heterocycles. The highest BCUT2D eigenvalue weighted by atomic mass is 19.1. The first-order valence-corrected chi connectivity index (χ1v) is 8.78. The maximum absolute atomic E-state index is 13.4. The zero-order valence-electron chi connectivity index (χ0n) is 15.2. The number of benzene rings is 1. The summed E-state index contributed by atoms with van der Waals surface area (Å²) in [6.45, 7) is 2.71. The van der Waals surface area contributed by atoms with Crippen molar-refractivity contribution in [3.8, 4) is 0 Å². The van der Waals surface area contributed by atoms with Crippen LogP contribution in [0.25, 0.3) is 0 Å². The fourth-order valence-corrected chi connectivity index (χ4v) is 3.40. The van der Waals surface area contributed by atoms with Crippen LogP contribution in [0.3, 0.4) is 0 Å². The Hall–Kier alpha value is -2.41. The first-order chi connectivity index (χ1) is 12.6. The van der Waals surface area contributed by atoms with Crippen molar-refractivity contribution in [2.45, 2.75) is 24.8 Å². The van der Waals surface area contributed by atoms with Gasteiger partial charge in [-0.3, -0.25) is 4.99 Å². The fourth-order valence-electron chi connectivity index (χ4n) is 3.40. The number of ether oxygens (including phenoxy) is 1. The maximum atomic E-state index is 13.4. The SMILES string of the molecule is CN=C(NCC1(c2ccc(F)cc2)CCOCC1)N(C)Cc1ccon1. The fraction of sp³-hybridized carbons (Fsp3) is 0.474. The minimum Gasteiger partial charge on any atom is -0.381 e. The van der Waals surface area contributed by atoms with Gasteiger partial charge in [-0.05, 0) is 30.5 Å². The smallest absolute Gasteiger partial charge is 0.193 e. The first-order valence-electron chi connectivity index (χ1n) is 8.78. The molecular weight excluding hydrogens is 335 g/mol. The molecular formula is C19H25FN4O2. The van der Waals surface area contributed by atoms with Gasteiger partial charge in [0.1, 0.15) is 17.8 Å². The van der Waals surface area contributed by atoms with Gasteiger partial charge in [0.25, 0.3) is 0 Å². The van der Waals surface area contributed by atoms with Gasteiger partial charge in [-0.15, -0.1) is 0 Å². The summed E-state index contributed by atoms with van der Waals surface area (Å²) in [6.07, 6.45) is 3.33. The lowest BCUT2D eigenvalue weighted by molar-refractivity contribution is 0.0512. The zero-order chi connectivity index (χ0) is 18.4. The number of halogens is 1. The molecule has 3 rings (SSSR count). The molecule has 6 nitrogen and oxygen atoms in total. The van der Waals surface area contributed by atoms with E-state index < -0.39 is 0 Å². The highest BCUT2D eigenvalue weighted by Gasteiger charge is 2.34. The van der Waals surface area contributed by atoms with E-state index in [-0.39, 0.29) is 11.2 Å². The zero-order valence-corrected chi connectivity index (χ0v) is 15.2.